The molecule has 1 aromatic rings. The molecule has 5 heteroatoms. The van der Waals surface area contributed by atoms with Crippen LogP contribution in [0.5, 0.6) is 5.75 Å². The van der Waals surface area contributed by atoms with Gasteiger partial charge in [0, 0.05) is 6.54 Å². The van der Waals surface area contributed by atoms with Crippen molar-refractivity contribution in [2.75, 3.05) is 6.54 Å². The maximum atomic E-state index is 11.8. The van der Waals surface area contributed by atoms with Crippen LogP contribution in [0.3, 0.4) is 0 Å². The van der Waals surface area contributed by atoms with E-state index in [1.54, 1.807) is 0 Å². The molecular weight excluding hydrogens is 192 g/mol. The molecule has 0 bridgehead atoms. The van der Waals surface area contributed by atoms with E-state index in [9.17, 15) is 13.9 Å². The Morgan fingerprint density at radius 2 is 1.86 bits per heavy atom. The predicted molar refractivity (Wildman–Crippen MR) is 47.1 cm³/mol. The summed E-state index contributed by atoms with van der Waals surface area (Å²) in [4.78, 5) is 0. The van der Waals surface area contributed by atoms with Gasteiger partial charge >= 0.3 is 6.61 Å². The zero-order valence-electron chi connectivity index (χ0n) is 7.36. The highest BCUT2D eigenvalue weighted by atomic mass is 19.3. The molecule has 0 radical (unpaired) electrons. The van der Waals surface area contributed by atoms with Gasteiger partial charge in [0.25, 0.3) is 0 Å². The van der Waals surface area contributed by atoms with E-state index in [2.05, 4.69) is 4.74 Å². The number of alkyl halides is 2. The molecule has 14 heavy (non-hydrogen) atoms. The first-order valence-corrected chi connectivity index (χ1v) is 4.06. The molecule has 0 saturated heterocycles. The smallest absolute Gasteiger partial charge is 0.387 e. The summed E-state index contributed by atoms with van der Waals surface area (Å²) in [6, 6.07) is 5.71. The number of ether oxygens (including phenoxy) is 1. The fourth-order valence-electron chi connectivity index (χ4n) is 1.01. The van der Waals surface area contributed by atoms with E-state index in [1.807, 2.05) is 0 Å². The van der Waals surface area contributed by atoms with Crippen LogP contribution in [-0.2, 0) is 0 Å². The van der Waals surface area contributed by atoms with Gasteiger partial charge in [-0.3, -0.25) is 0 Å². The maximum Gasteiger partial charge on any atom is 0.387 e. The van der Waals surface area contributed by atoms with Crippen molar-refractivity contribution in [2.24, 2.45) is 5.73 Å². The Labute approximate surface area is 80.1 Å². The van der Waals surface area contributed by atoms with Crippen LogP contribution in [-0.4, -0.2) is 18.3 Å². The normalized spacial score (nSPS) is 12.9. The Morgan fingerprint density at radius 1 is 1.29 bits per heavy atom. The number of rotatable bonds is 4. The van der Waals surface area contributed by atoms with Crippen LogP contribution in [0.4, 0.5) is 8.78 Å². The van der Waals surface area contributed by atoms with E-state index < -0.39 is 12.7 Å². The van der Waals surface area contributed by atoms with Gasteiger partial charge in [-0.1, -0.05) is 12.1 Å². The topological polar surface area (TPSA) is 55.5 Å². The summed E-state index contributed by atoms with van der Waals surface area (Å²) in [6.45, 7) is -2.74. The van der Waals surface area contributed by atoms with Crippen molar-refractivity contribution in [1.29, 1.82) is 0 Å². The quantitative estimate of drug-likeness (QED) is 0.775. The second-order valence-corrected chi connectivity index (χ2v) is 2.70. The van der Waals surface area contributed by atoms with Gasteiger partial charge in [0.1, 0.15) is 5.75 Å². The van der Waals surface area contributed by atoms with Crippen LogP contribution >= 0.6 is 0 Å². The number of halogens is 2. The first-order valence-electron chi connectivity index (χ1n) is 4.06. The van der Waals surface area contributed by atoms with Gasteiger partial charge in [-0.15, -0.1) is 0 Å². The number of aliphatic hydroxyl groups is 1. The lowest BCUT2D eigenvalue weighted by Gasteiger charge is -2.09. The van der Waals surface area contributed by atoms with Gasteiger partial charge in [0.05, 0.1) is 6.10 Å². The third-order valence-corrected chi connectivity index (χ3v) is 1.71. The number of hydrogen-bond donors (Lipinski definition) is 2. The minimum atomic E-state index is -2.83. The maximum absolute atomic E-state index is 11.8. The molecule has 3 nitrogen and oxygen atoms in total. The fraction of sp³-hybridized carbons (Fsp3) is 0.333. The van der Waals surface area contributed by atoms with E-state index >= 15 is 0 Å². The molecule has 3 N–H and O–H groups in total. The second kappa shape index (κ2) is 4.88. The molecule has 0 aliphatic carbocycles. The summed E-state index contributed by atoms with van der Waals surface area (Å²) in [6.07, 6.45) is -0.768. The molecular formula is C9H11F2NO2. The molecule has 0 aliphatic heterocycles. The molecule has 0 unspecified atom stereocenters. The van der Waals surface area contributed by atoms with Crippen molar-refractivity contribution in [3.8, 4) is 5.75 Å². The highest BCUT2D eigenvalue weighted by molar-refractivity contribution is 5.28. The SMILES string of the molecule is NC[C@@H](O)c1ccc(OC(F)F)cc1. The lowest BCUT2D eigenvalue weighted by atomic mass is 10.1. The Bertz CT molecular complexity index is 277. The van der Waals surface area contributed by atoms with Crippen molar-refractivity contribution in [3.05, 3.63) is 29.8 Å². The summed E-state index contributed by atoms with van der Waals surface area (Å²) in [5, 5.41) is 9.29. The van der Waals surface area contributed by atoms with Gasteiger partial charge in [-0.05, 0) is 17.7 Å². The number of aliphatic hydroxyl groups excluding tert-OH is 1. The van der Waals surface area contributed by atoms with Crippen LogP contribution in [0.15, 0.2) is 24.3 Å². The Hall–Kier alpha value is -1.20. The Morgan fingerprint density at radius 3 is 2.29 bits per heavy atom. The van der Waals surface area contributed by atoms with E-state index in [4.69, 9.17) is 5.73 Å². The molecule has 0 spiro atoms. The first kappa shape index (κ1) is 10.9. The van der Waals surface area contributed by atoms with Crippen LogP contribution in [0.1, 0.15) is 11.7 Å². The van der Waals surface area contributed by atoms with Crippen LogP contribution < -0.4 is 10.5 Å². The lowest BCUT2D eigenvalue weighted by Crippen LogP contribution is -2.11. The zero-order valence-corrected chi connectivity index (χ0v) is 7.36. The minimum absolute atomic E-state index is 0.0629. The monoisotopic (exact) mass is 203 g/mol. The molecule has 0 aromatic heterocycles. The third-order valence-electron chi connectivity index (χ3n) is 1.71. The average Bonchev–Trinajstić information content (AvgIpc) is 2.17. The van der Waals surface area contributed by atoms with E-state index in [1.165, 1.54) is 24.3 Å². The molecule has 0 fully saturated rings. The van der Waals surface area contributed by atoms with Crippen molar-refractivity contribution in [3.63, 3.8) is 0 Å². The predicted octanol–water partition coefficient (Wildman–Crippen LogP) is 1.28. The summed E-state index contributed by atoms with van der Waals surface area (Å²) in [5.41, 5.74) is 5.80. The lowest BCUT2D eigenvalue weighted by molar-refractivity contribution is -0.0498. The molecule has 0 aliphatic rings. The first-order chi connectivity index (χ1) is 6.63. The Balaban J connectivity index is 2.68. The standard InChI is InChI=1S/C9H11F2NO2/c10-9(11)14-7-3-1-6(2-4-7)8(13)5-12/h1-4,8-9,13H,5,12H2/t8-/m1/s1. The van der Waals surface area contributed by atoms with Crippen molar-refractivity contribution >= 4 is 0 Å². The largest absolute Gasteiger partial charge is 0.435 e. The third kappa shape index (κ3) is 2.93. The van der Waals surface area contributed by atoms with Crippen molar-refractivity contribution < 1.29 is 18.6 Å². The molecule has 0 saturated carbocycles. The average molecular weight is 203 g/mol. The van der Waals surface area contributed by atoms with E-state index in [0.717, 1.165) is 0 Å². The van der Waals surface area contributed by atoms with Gasteiger partial charge in [-0.2, -0.15) is 8.78 Å². The molecule has 78 valence electrons. The minimum Gasteiger partial charge on any atom is -0.435 e. The number of nitrogens with two attached hydrogens (primary N) is 1. The van der Waals surface area contributed by atoms with E-state index in [-0.39, 0.29) is 12.3 Å². The van der Waals surface area contributed by atoms with Gasteiger partial charge < -0.3 is 15.6 Å². The van der Waals surface area contributed by atoms with E-state index in [0.29, 0.717) is 5.56 Å². The van der Waals surface area contributed by atoms with Gasteiger partial charge in [-0.25, -0.2) is 0 Å². The molecule has 0 heterocycles. The van der Waals surface area contributed by atoms with Gasteiger partial charge in [0.2, 0.25) is 0 Å². The molecule has 1 aromatic carbocycles. The molecule has 1 atom stereocenters. The molecule has 1 rings (SSSR count). The van der Waals surface area contributed by atoms with Crippen molar-refractivity contribution in [2.45, 2.75) is 12.7 Å². The Kier molecular flexibility index (Phi) is 3.79. The fourth-order valence-corrected chi connectivity index (χ4v) is 1.01. The summed E-state index contributed by atoms with van der Waals surface area (Å²) in [5.74, 6) is 0.0629. The highest BCUT2D eigenvalue weighted by Gasteiger charge is 2.07. The number of benzene rings is 1. The number of hydrogen-bond acceptors (Lipinski definition) is 3. The zero-order chi connectivity index (χ0) is 10.6. The summed E-state index contributed by atoms with van der Waals surface area (Å²) in [7, 11) is 0. The summed E-state index contributed by atoms with van der Waals surface area (Å²) >= 11 is 0. The van der Waals surface area contributed by atoms with Crippen LogP contribution in [0.2, 0.25) is 0 Å². The van der Waals surface area contributed by atoms with Crippen molar-refractivity contribution in [1.82, 2.24) is 0 Å². The van der Waals surface area contributed by atoms with Gasteiger partial charge in [0.15, 0.2) is 0 Å². The second-order valence-electron chi connectivity index (χ2n) is 2.70. The van der Waals surface area contributed by atoms with Crippen LogP contribution in [0, 0.1) is 0 Å². The highest BCUT2D eigenvalue weighted by Crippen LogP contribution is 2.18. The molecule has 0 amide bonds. The van der Waals surface area contributed by atoms with Crippen LogP contribution in [0.25, 0.3) is 0 Å². The summed E-state index contributed by atoms with van der Waals surface area (Å²) < 4.78 is 27.6.